The summed E-state index contributed by atoms with van der Waals surface area (Å²) in [5.41, 5.74) is 2.29. The fourth-order valence-corrected chi connectivity index (χ4v) is 3.00. The smallest absolute Gasteiger partial charge is 0.253 e. The second-order valence-electron chi connectivity index (χ2n) is 7.68. The van der Waals surface area contributed by atoms with Crippen molar-refractivity contribution in [3.8, 4) is 0 Å². The molecular weight excluding hydrogens is 314 g/mol. The van der Waals surface area contributed by atoms with Crippen LogP contribution < -0.4 is 15.5 Å². The quantitative estimate of drug-likeness (QED) is 0.793. The van der Waals surface area contributed by atoms with E-state index in [0.717, 1.165) is 31.6 Å². The van der Waals surface area contributed by atoms with Gasteiger partial charge in [-0.1, -0.05) is 27.7 Å². The minimum absolute atomic E-state index is 0.0162. The zero-order valence-corrected chi connectivity index (χ0v) is 15.9. The summed E-state index contributed by atoms with van der Waals surface area (Å²) in [4.78, 5) is 27.0. The van der Waals surface area contributed by atoms with Crippen LogP contribution in [-0.4, -0.2) is 31.4 Å². The summed E-state index contributed by atoms with van der Waals surface area (Å²) in [6, 6.07) is 5.66. The number of carbonyl (C=O) groups excluding carboxylic acids is 2. The molecule has 0 bridgehead atoms. The average molecular weight is 345 g/mol. The maximum atomic E-state index is 12.7. The molecule has 0 atom stereocenters. The molecule has 0 unspecified atom stereocenters. The predicted molar refractivity (Wildman–Crippen MR) is 103 cm³/mol. The number of benzene rings is 1. The SMILES string of the molecule is CC(C)CNC(=O)c1cc(NC(=O)CC(C)C)ccc1N1CCCC1. The number of nitrogens with one attached hydrogen (secondary N) is 2. The number of anilines is 2. The molecule has 2 rings (SSSR count). The van der Waals surface area contributed by atoms with Crippen molar-refractivity contribution in [2.24, 2.45) is 11.8 Å². The molecule has 0 aliphatic carbocycles. The minimum Gasteiger partial charge on any atom is -0.371 e. The Kier molecular flexibility index (Phi) is 6.85. The molecule has 138 valence electrons. The molecule has 25 heavy (non-hydrogen) atoms. The van der Waals surface area contributed by atoms with E-state index < -0.39 is 0 Å². The van der Waals surface area contributed by atoms with Gasteiger partial charge in [-0.2, -0.15) is 0 Å². The summed E-state index contributed by atoms with van der Waals surface area (Å²) < 4.78 is 0. The van der Waals surface area contributed by atoms with Crippen molar-refractivity contribution in [1.29, 1.82) is 0 Å². The molecule has 2 N–H and O–H groups in total. The molecule has 0 radical (unpaired) electrons. The maximum absolute atomic E-state index is 12.7. The van der Waals surface area contributed by atoms with Crippen LogP contribution in [0.5, 0.6) is 0 Å². The molecule has 0 aromatic heterocycles. The molecule has 1 heterocycles. The van der Waals surface area contributed by atoms with Gasteiger partial charge in [0.05, 0.1) is 5.56 Å². The Balaban J connectivity index is 2.22. The summed E-state index contributed by atoms with van der Waals surface area (Å²) in [6.45, 7) is 10.8. The third-order valence-corrected chi connectivity index (χ3v) is 4.24. The van der Waals surface area contributed by atoms with Gasteiger partial charge in [0.2, 0.25) is 5.91 Å². The second-order valence-corrected chi connectivity index (χ2v) is 7.68. The highest BCUT2D eigenvalue weighted by atomic mass is 16.2. The first-order valence-electron chi connectivity index (χ1n) is 9.34. The largest absolute Gasteiger partial charge is 0.371 e. The monoisotopic (exact) mass is 345 g/mol. The van der Waals surface area contributed by atoms with E-state index in [9.17, 15) is 9.59 Å². The van der Waals surface area contributed by atoms with E-state index in [0.29, 0.717) is 36.1 Å². The van der Waals surface area contributed by atoms with Crippen molar-refractivity contribution >= 4 is 23.2 Å². The Morgan fingerprint density at radius 1 is 1.08 bits per heavy atom. The van der Waals surface area contributed by atoms with Crippen molar-refractivity contribution in [3.05, 3.63) is 23.8 Å². The van der Waals surface area contributed by atoms with Gasteiger partial charge >= 0.3 is 0 Å². The van der Waals surface area contributed by atoms with Crippen LogP contribution in [0.25, 0.3) is 0 Å². The molecular formula is C20H31N3O2. The number of carbonyl (C=O) groups is 2. The first-order chi connectivity index (χ1) is 11.9. The molecule has 0 saturated carbocycles. The van der Waals surface area contributed by atoms with E-state index in [1.807, 2.05) is 32.0 Å². The lowest BCUT2D eigenvalue weighted by Crippen LogP contribution is -2.30. The minimum atomic E-state index is -0.0736. The fourth-order valence-electron chi connectivity index (χ4n) is 3.00. The molecule has 1 aromatic rings. The Bertz CT molecular complexity index is 605. The van der Waals surface area contributed by atoms with Crippen LogP contribution in [-0.2, 0) is 4.79 Å². The predicted octanol–water partition coefficient (Wildman–Crippen LogP) is 3.66. The molecule has 5 nitrogen and oxygen atoms in total. The van der Waals surface area contributed by atoms with Gasteiger partial charge in [0.15, 0.2) is 0 Å². The van der Waals surface area contributed by atoms with Crippen LogP contribution in [0.2, 0.25) is 0 Å². The Hall–Kier alpha value is -2.04. The summed E-state index contributed by atoms with van der Waals surface area (Å²) >= 11 is 0. The van der Waals surface area contributed by atoms with Crippen LogP contribution >= 0.6 is 0 Å². The first kappa shape index (κ1) is 19.3. The highest BCUT2D eigenvalue weighted by molar-refractivity contribution is 6.02. The molecule has 1 aliphatic rings. The lowest BCUT2D eigenvalue weighted by molar-refractivity contribution is -0.116. The highest BCUT2D eigenvalue weighted by Crippen LogP contribution is 2.27. The zero-order chi connectivity index (χ0) is 18.4. The molecule has 1 aliphatic heterocycles. The average Bonchev–Trinajstić information content (AvgIpc) is 3.05. The Morgan fingerprint density at radius 2 is 1.76 bits per heavy atom. The van der Waals surface area contributed by atoms with Crippen molar-refractivity contribution < 1.29 is 9.59 Å². The third-order valence-electron chi connectivity index (χ3n) is 4.24. The van der Waals surface area contributed by atoms with Gasteiger partial charge in [-0.3, -0.25) is 9.59 Å². The summed E-state index contributed by atoms with van der Waals surface area (Å²) in [5, 5.41) is 5.91. The summed E-state index contributed by atoms with van der Waals surface area (Å²) in [6.07, 6.45) is 2.78. The van der Waals surface area contributed by atoms with E-state index in [4.69, 9.17) is 0 Å². The number of nitrogens with zero attached hydrogens (tertiary/aromatic N) is 1. The lowest BCUT2D eigenvalue weighted by Gasteiger charge is -2.22. The van der Waals surface area contributed by atoms with Gasteiger partial charge in [-0.05, 0) is 42.9 Å². The van der Waals surface area contributed by atoms with Crippen molar-refractivity contribution in [2.75, 3.05) is 29.9 Å². The molecule has 1 saturated heterocycles. The second kappa shape index (κ2) is 8.88. The Morgan fingerprint density at radius 3 is 2.36 bits per heavy atom. The van der Waals surface area contributed by atoms with Gasteiger partial charge in [0.25, 0.3) is 5.91 Å². The molecule has 0 spiro atoms. The van der Waals surface area contributed by atoms with E-state index in [2.05, 4.69) is 29.4 Å². The summed E-state index contributed by atoms with van der Waals surface area (Å²) in [5.74, 6) is 0.610. The van der Waals surface area contributed by atoms with Gasteiger partial charge < -0.3 is 15.5 Å². The maximum Gasteiger partial charge on any atom is 0.253 e. The van der Waals surface area contributed by atoms with Crippen molar-refractivity contribution in [3.63, 3.8) is 0 Å². The lowest BCUT2D eigenvalue weighted by atomic mass is 10.1. The number of amides is 2. The van der Waals surface area contributed by atoms with Gasteiger partial charge in [-0.15, -0.1) is 0 Å². The highest BCUT2D eigenvalue weighted by Gasteiger charge is 2.20. The molecule has 1 fully saturated rings. The number of hydrogen-bond donors (Lipinski definition) is 2. The first-order valence-corrected chi connectivity index (χ1v) is 9.34. The zero-order valence-electron chi connectivity index (χ0n) is 15.9. The van der Waals surface area contributed by atoms with E-state index in [1.54, 1.807) is 0 Å². The van der Waals surface area contributed by atoms with Crippen molar-refractivity contribution in [2.45, 2.75) is 47.0 Å². The fraction of sp³-hybridized carbons (Fsp3) is 0.600. The van der Waals surface area contributed by atoms with Crippen LogP contribution in [0, 0.1) is 11.8 Å². The normalized spacial score (nSPS) is 14.2. The van der Waals surface area contributed by atoms with Gasteiger partial charge in [-0.25, -0.2) is 0 Å². The van der Waals surface area contributed by atoms with Gasteiger partial charge in [0, 0.05) is 37.4 Å². The van der Waals surface area contributed by atoms with Crippen LogP contribution in [0.3, 0.4) is 0 Å². The molecule has 2 amide bonds. The van der Waals surface area contributed by atoms with Crippen molar-refractivity contribution in [1.82, 2.24) is 5.32 Å². The standard InChI is InChI=1S/C20H31N3O2/c1-14(2)11-19(24)22-16-7-8-18(23-9-5-6-10-23)17(12-16)20(25)21-13-15(3)4/h7-8,12,14-15H,5-6,9-11,13H2,1-4H3,(H,21,25)(H,22,24). The van der Waals surface area contributed by atoms with Crippen LogP contribution in [0.15, 0.2) is 18.2 Å². The van der Waals surface area contributed by atoms with Gasteiger partial charge in [0.1, 0.15) is 0 Å². The van der Waals surface area contributed by atoms with E-state index in [1.165, 1.54) is 0 Å². The number of hydrogen-bond acceptors (Lipinski definition) is 3. The van der Waals surface area contributed by atoms with E-state index >= 15 is 0 Å². The van der Waals surface area contributed by atoms with Crippen LogP contribution in [0.4, 0.5) is 11.4 Å². The summed E-state index contributed by atoms with van der Waals surface area (Å²) in [7, 11) is 0. The molecule has 5 heteroatoms. The number of rotatable bonds is 7. The third kappa shape index (κ3) is 5.76. The Labute approximate surface area is 151 Å². The molecule has 1 aromatic carbocycles. The topological polar surface area (TPSA) is 61.4 Å². The van der Waals surface area contributed by atoms with E-state index in [-0.39, 0.29) is 11.8 Å². The van der Waals surface area contributed by atoms with Crippen LogP contribution in [0.1, 0.15) is 57.3 Å².